The Morgan fingerprint density at radius 1 is 1.03 bits per heavy atom. The normalized spacial score (nSPS) is 15.9. The average molecular weight is 510 g/mol. The predicted molar refractivity (Wildman–Crippen MR) is 141 cm³/mol. The minimum Gasteiger partial charge on any atom is -0.384 e. The van der Waals surface area contributed by atoms with E-state index >= 15 is 0 Å². The molecule has 0 unspecified atom stereocenters. The Bertz CT molecular complexity index is 1440. The zero-order valence-electron chi connectivity index (χ0n) is 19.4. The van der Waals surface area contributed by atoms with Crippen molar-refractivity contribution < 1.29 is 0 Å². The number of aromatic nitrogens is 4. The fourth-order valence-electron chi connectivity index (χ4n) is 4.47. The number of para-hydroxylation sites is 1. The van der Waals surface area contributed by atoms with E-state index in [1.807, 2.05) is 12.1 Å². The number of rotatable bonds is 4. The van der Waals surface area contributed by atoms with E-state index in [9.17, 15) is 4.79 Å². The van der Waals surface area contributed by atoms with Gasteiger partial charge in [-0.1, -0.05) is 48.3 Å². The topological polar surface area (TPSA) is 102 Å². The fraction of sp³-hybridized carbons (Fsp3) is 0.280. The van der Waals surface area contributed by atoms with Crippen LogP contribution in [-0.4, -0.2) is 44.6 Å². The lowest BCUT2D eigenvalue weighted by molar-refractivity contribution is 0.200. The first-order valence-electron chi connectivity index (χ1n) is 11.3. The van der Waals surface area contributed by atoms with Gasteiger partial charge in [0.2, 0.25) is 5.95 Å². The third-order valence-electron chi connectivity index (χ3n) is 6.77. The minimum absolute atomic E-state index is 0.109. The molecular weight excluding hydrogens is 485 g/mol. The summed E-state index contributed by atoms with van der Waals surface area (Å²) >= 11 is 12.6. The molecule has 0 spiro atoms. The summed E-state index contributed by atoms with van der Waals surface area (Å²) in [4.78, 5) is 28.1. The van der Waals surface area contributed by atoms with E-state index in [0.717, 1.165) is 31.6 Å². The number of benzene rings is 2. The summed E-state index contributed by atoms with van der Waals surface area (Å²) in [7, 11) is 2.17. The SMILES string of the molecule is CN1CCC(C)(c2ccc(Nc3ncc4c(N)n(-c5c(Cl)cccc5Cl)c(=O)nc4n3)cc2)CC1. The number of hydrogen-bond donors (Lipinski definition) is 2. The molecule has 3 N–H and O–H groups in total. The number of nitrogens with one attached hydrogen (secondary N) is 1. The molecule has 5 rings (SSSR count). The van der Waals surface area contributed by atoms with Crippen LogP contribution in [0, 0.1) is 0 Å². The fourth-order valence-corrected chi connectivity index (χ4v) is 5.03. The van der Waals surface area contributed by atoms with Crippen LogP contribution in [0.2, 0.25) is 10.0 Å². The predicted octanol–water partition coefficient (Wildman–Crippen LogP) is 4.79. The molecule has 35 heavy (non-hydrogen) atoms. The Balaban J connectivity index is 1.43. The van der Waals surface area contributed by atoms with Gasteiger partial charge in [0, 0.05) is 11.9 Å². The van der Waals surface area contributed by atoms with E-state index in [0.29, 0.717) is 11.3 Å². The van der Waals surface area contributed by atoms with Crippen molar-refractivity contribution in [3.05, 3.63) is 74.8 Å². The number of hydrogen-bond acceptors (Lipinski definition) is 7. The monoisotopic (exact) mass is 509 g/mol. The summed E-state index contributed by atoms with van der Waals surface area (Å²) < 4.78 is 1.17. The van der Waals surface area contributed by atoms with Gasteiger partial charge < -0.3 is 16.0 Å². The van der Waals surface area contributed by atoms with Gasteiger partial charge in [-0.25, -0.2) is 14.3 Å². The number of nitrogens with zero attached hydrogens (tertiary/aromatic N) is 5. The third kappa shape index (κ3) is 4.45. The summed E-state index contributed by atoms with van der Waals surface area (Å²) in [5.74, 6) is 0.424. The molecule has 1 aliphatic heterocycles. The number of likely N-dealkylation sites (tertiary alicyclic amines) is 1. The summed E-state index contributed by atoms with van der Waals surface area (Å²) in [5, 5.41) is 4.16. The van der Waals surface area contributed by atoms with Crippen molar-refractivity contribution in [1.29, 1.82) is 0 Å². The maximum Gasteiger partial charge on any atom is 0.355 e. The maximum atomic E-state index is 12.8. The van der Waals surface area contributed by atoms with Gasteiger partial charge in [0.25, 0.3) is 0 Å². The van der Waals surface area contributed by atoms with E-state index < -0.39 is 5.69 Å². The van der Waals surface area contributed by atoms with Gasteiger partial charge in [-0.15, -0.1) is 0 Å². The molecule has 0 radical (unpaired) electrons. The van der Waals surface area contributed by atoms with Crippen molar-refractivity contribution >= 4 is 51.7 Å². The highest BCUT2D eigenvalue weighted by Gasteiger charge is 2.30. The zero-order chi connectivity index (χ0) is 24.7. The molecule has 10 heteroatoms. The average Bonchev–Trinajstić information content (AvgIpc) is 2.83. The first-order chi connectivity index (χ1) is 16.7. The van der Waals surface area contributed by atoms with Crippen molar-refractivity contribution in [3.63, 3.8) is 0 Å². The van der Waals surface area contributed by atoms with E-state index in [1.165, 1.54) is 16.3 Å². The minimum atomic E-state index is -0.634. The van der Waals surface area contributed by atoms with E-state index in [1.54, 1.807) is 18.2 Å². The van der Waals surface area contributed by atoms with Crippen LogP contribution in [-0.2, 0) is 5.41 Å². The van der Waals surface area contributed by atoms with Crippen molar-refractivity contribution in [1.82, 2.24) is 24.4 Å². The number of piperidine rings is 1. The van der Waals surface area contributed by atoms with Crippen molar-refractivity contribution in [2.75, 3.05) is 31.2 Å². The van der Waals surface area contributed by atoms with Crippen LogP contribution in [0.1, 0.15) is 25.3 Å². The molecule has 0 amide bonds. The summed E-state index contributed by atoms with van der Waals surface area (Å²) in [6.07, 6.45) is 3.80. The van der Waals surface area contributed by atoms with Gasteiger partial charge in [-0.2, -0.15) is 9.97 Å². The molecule has 1 aliphatic rings. The summed E-state index contributed by atoms with van der Waals surface area (Å²) in [6, 6.07) is 13.3. The van der Waals surface area contributed by atoms with Crippen molar-refractivity contribution in [3.8, 4) is 5.69 Å². The lowest BCUT2D eigenvalue weighted by atomic mass is 9.74. The highest BCUT2D eigenvalue weighted by atomic mass is 35.5. The molecule has 0 saturated carbocycles. The standard InChI is InChI=1S/C25H25Cl2N7O/c1-25(10-12-33(2)13-11-25)15-6-8-16(9-7-15)30-23-29-14-17-21(28)34(24(35)32-22(17)31-23)20-18(26)4-3-5-19(20)27/h3-9,14H,10-13,28H2,1-2H3,(H,30,31,32,35). The molecular formula is C25H25Cl2N7O. The maximum absolute atomic E-state index is 12.8. The van der Waals surface area contributed by atoms with Crippen LogP contribution in [0.15, 0.2) is 53.5 Å². The Kier molecular flexibility index (Phi) is 6.13. The molecule has 8 nitrogen and oxygen atoms in total. The zero-order valence-corrected chi connectivity index (χ0v) is 20.9. The van der Waals surface area contributed by atoms with Crippen LogP contribution >= 0.6 is 23.2 Å². The molecule has 0 atom stereocenters. The molecule has 0 bridgehead atoms. The number of anilines is 3. The highest BCUT2D eigenvalue weighted by molar-refractivity contribution is 6.37. The molecule has 2 aromatic heterocycles. The molecule has 0 aliphatic carbocycles. The van der Waals surface area contributed by atoms with Gasteiger partial charge in [0.15, 0.2) is 5.65 Å². The van der Waals surface area contributed by atoms with Crippen molar-refractivity contribution in [2.45, 2.75) is 25.2 Å². The van der Waals surface area contributed by atoms with Gasteiger partial charge in [0.05, 0.1) is 21.1 Å². The lowest BCUT2D eigenvalue weighted by Crippen LogP contribution is -2.38. The van der Waals surface area contributed by atoms with E-state index in [4.69, 9.17) is 28.9 Å². The lowest BCUT2D eigenvalue weighted by Gasteiger charge is -2.38. The Hall–Kier alpha value is -3.20. The second kappa shape index (κ2) is 9.11. The van der Waals surface area contributed by atoms with Crippen LogP contribution < -0.4 is 16.7 Å². The smallest absolute Gasteiger partial charge is 0.355 e. The Labute approximate surface area is 212 Å². The molecule has 180 valence electrons. The van der Waals surface area contributed by atoms with Gasteiger partial charge in [0.1, 0.15) is 5.82 Å². The van der Waals surface area contributed by atoms with Gasteiger partial charge in [-0.3, -0.25) is 0 Å². The Morgan fingerprint density at radius 3 is 2.34 bits per heavy atom. The molecule has 3 heterocycles. The highest BCUT2D eigenvalue weighted by Crippen LogP contribution is 2.35. The van der Waals surface area contributed by atoms with Crippen LogP contribution in [0.25, 0.3) is 16.7 Å². The summed E-state index contributed by atoms with van der Waals surface area (Å²) in [6.45, 7) is 4.53. The number of halogens is 2. The van der Waals surface area contributed by atoms with Crippen LogP contribution in [0.3, 0.4) is 0 Å². The van der Waals surface area contributed by atoms with Gasteiger partial charge >= 0.3 is 5.69 Å². The first kappa shape index (κ1) is 23.5. The summed E-state index contributed by atoms with van der Waals surface area (Å²) in [5.41, 5.74) is 8.46. The number of nitrogens with two attached hydrogens (primary N) is 1. The first-order valence-corrected chi connectivity index (χ1v) is 12.1. The van der Waals surface area contributed by atoms with E-state index in [-0.39, 0.29) is 32.6 Å². The van der Waals surface area contributed by atoms with E-state index in [2.05, 4.69) is 51.3 Å². The van der Waals surface area contributed by atoms with Crippen LogP contribution in [0.5, 0.6) is 0 Å². The second-order valence-electron chi connectivity index (χ2n) is 9.18. The largest absolute Gasteiger partial charge is 0.384 e. The number of nitrogen functional groups attached to an aromatic ring is 1. The van der Waals surface area contributed by atoms with Crippen molar-refractivity contribution in [2.24, 2.45) is 0 Å². The molecule has 1 fully saturated rings. The molecule has 4 aromatic rings. The molecule has 2 aromatic carbocycles. The number of fused-ring (bicyclic) bond motifs is 1. The Morgan fingerprint density at radius 2 is 1.69 bits per heavy atom. The third-order valence-corrected chi connectivity index (χ3v) is 7.38. The molecule has 1 saturated heterocycles. The quantitative estimate of drug-likeness (QED) is 0.407. The van der Waals surface area contributed by atoms with Crippen LogP contribution in [0.4, 0.5) is 17.5 Å². The van der Waals surface area contributed by atoms with Gasteiger partial charge in [-0.05, 0) is 68.2 Å². The second-order valence-corrected chi connectivity index (χ2v) is 10.00.